The second-order valence-corrected chi connectivity index (χ2v) is 7.28. The highest BCUT2D eigenvalue weighted by Gasteiger charge is 2.13. The molecule has 26 heavy (non-hydrogen) atoms. The zero-order valence-corrected chi connectivity index (χ0v) is 16.0. The van der Waals surface area contributed by atoms with E-state index in [0.29, 0.717) is 33.6 Å². The van der Waals surface area contributed by atoms with Crippen molar-refractivity contribution in [3.63, 3.8) is 0 Å². The number of rotatable bonds is 6. The van der Waals surface area contributed by atoms with E-state index in [2.05, 4.69) is 29.4 Å². The fraction of sp³-hybridized carbons (Fsp3) is 0.316. The van der Waals surface area contributed by atoms with Crippen molar-refractivity contribution in [1.29, 1.82) is 0 Å². The Morgan fingerprint density at radius 2 is 2.23 bits per heavy atom. The van der Waals surface area contributed by atoms with Crippen LogP contribution in [0.4, 0.5) is 5.13 Å². The maximum Gasteiger partial charge on any atom is 0.345 e. The first-order chi connectivity index (χ1) is 12.5. The topological polar surface area (TPSA) is 76.7 Å². The number of hydrogen-bond acceptors (Lipinski definition) is 7. The van der Waals surface area contributed by atoms with Gasteiger partial charge in [-0.1, -0.05) is 26.0 Å². The van der Waals surface area contributed by atoms with E-state index < -0.39 is 5.63 Å². The van der Waals surface area contributed by atoms with Crippen molar-refractivity contribution in [1.82, 2.24) is 4.98 Å². The molecule has 0 atom stereocenters. The molecule has 2 heterocycles. The maximum absolute atomic E-state index is 12.4. The number of benzene rings is 1. The Balaban J connectivity index is 1.90. The van der Waals surface area contributed by atoms with Crippen molar-refractivity contribution in [2.75, 3.05) is 12.5 Å². The molecule has 0 aliphatic carbocycles. The number of fused-ring (bicyclic) bond motifs is 1. The first-order valence-corrected chi connectivity index (χ1v) is 9.22. The van der Waals surface area contributed by atoms with Gasteiger partial charge in [0.05, 0.1) is 18.4 Å². The first kappa shape index (κ1) is 18.1. The number of para-hydroxylation sites is 1. The maximum atomic E-state index is 12.4. The van der Waals surface area contributed by atoms with Gasteiger partial charge in [0.1, 0.15) is 0 Å². The number of hydrogen-bond donors (Lipinski definition) is 1. The van der Waals surface area contributed by atoms with Gasteiger partial charge < -0.3 is 9.15 Å². The molecule has 0 aliphatic rings. The molecule has 0 radical (unpaired) electrons. The van der Waals surface area contributed by atoms with Crippen LogP contribution in [-0.4, -0.2) is 17.8 Å². The van der Waals surface area contributed by atoms with Gasteiger partial charge in [-0.25, -0.2) is 9.78 Å². The Morgan fingerprint density at radius 1 is 1.42 bits per heavy atom. The predicted octanol–water partition coefficient (Wildman–Crippen LogP) is 4.76. The Bertz CT molecular complexity index is 1000. The standard InChI is InChI=1S/C19H21N3O3S/c1-11(2)8-12(3)21-22-19-20-15(10-26-19)14-9-13-6-5-7-16(24-4)17(13)25-18(14)23/h5-7,9-11H,8H2,1-4H3,(H,20,22)/b21-12-. The lowest BCUT2D eigenvalue weighted by Gasteiger charge is -2.04. The highest BCUT2D eigenvalue weighted by Crippen LogP contribution is 2.29. The van der Waals surface area contributed by atoms with Crippen LogP contribution in [0, 0.1) is 5.92 Å². The van der Waals surface area contributed by atoms with E-state index in [0.717, 1.165) is 17.5 Å². The highest BCUT2D eigenvalue weighted by molar-refractivity contribution is 7.14. The number of hydrazone groups is 1. The molecule has 0 unspecified atom stereocenters. The predicted molar refractivity (Wildman–Crippen MR) is 106 cm³/mol. The number of aromatic nitrogens is 1. The van der Waals surface area contributed by atoms with Gasteiger partial charge in [0.15, 0.2) is 11.3 Å². The second-order valence-electron chi connectivity index (χ2n) is 6.42. The van der Waals surface area contributed by atoms with Gasteiger partial charge in [-0.15, -0.1) is 11.3 Å². The average Bonchev–Trinajstić information content (AvgIpc) is 3.07. The number of anilines is 1. The highest BCUT2D eigenvalue weighted by atomic mass is 32.1. The minimum Gasteiger partial charge on any atom is -0.493 e. The van der Waals surface area contributed by atoms with Crippen molar-refractivity contribution in [3.8, 4) is 17.0 Å². The molecule has 3 aromatic rings. The molecule has 1 aromatic carbocycles. The first-order valence-electron chi connectivity index (χ1n) is 8.34. The fourth-order valence-electron chi connectivity index (χ4n) is 2.69. The number of thiazole rings is 1. The lowest BCUT2D eigenvalue weighted by Crippen LogP contribution is -2.04. The minimum absolute atomic E-state index is 0.415. The lowest BCUT2D eigenvalue weighted by atomic mass is 10.1. The summed E-state index contributed by atoms with van der Waals surface area (Å²) >= 11 is 1.39. The summed E-state index contributed by atoms with van der Waals surface area (Å²) < 4.78 is 10.7. The SMILES string of the molecule is COc1cccc2cc(-c3csc(N/N=C(/C)CC(C)C)n3)c(=O)oc12. The number of nitrogens with zero attached hydrogens (tertiary/aromatic N) is 2. The van der Waals surface area contributed by atoms with Crippen LogP contribution in [0.5, 0.6) is 5.75 Å². The van der Waals surface area contributed by atoms with Crippen LogP contribution in [0.15, 0.2) is 44.0 Å². The monoisotopic (exact) mass is 371 g/mol. The molecule has 6 nitrogen and oxygen atoms in total. The third kappa shape index (κ3) is 3.94. The molecular formula is C19H21N3O3S. The van der Waals surface area contributed by atoms with Crippen molar-refractivity contribution >= 4 is 33.1 Å². The second kappa shape index (κ2) is 7.70. The molecule has 7 heteroatoms. The zero-order valence-electron chi connectivity index (χ0n) is 15.2. The summed E-state index contributed by atoms with van der Waals surface area (Å²) in [6, 6.07) is 7.25. The molecule has 0 saturated heterocycles. The number of methoxy groups -OCH3 is 1. The van der Waals surface area contributed by atoms with Crippen LogP contribution in [-0.2, 0) is 0 Å². The summed E-state index contributed by atoms with van der Waals surface area (Å²) in [7, 11) is 1.54. The van der Waals surface area contributed by atoms with Gasteiger partial charge in [-0.2, -0.15) is 5.10 Å². The summed E-state index contributed by atoms with van der Waals surface area (Å²) in [6.07, 6.45) is 0.918. The largest absolute Gasteiger partial charge is 0.493 e. The van der Waals surface area contributed by atoms with E-state index in [1.807, 2.05) is 24.4 Å². The van der Waals surface area contributed by atoms with Crippen LogP contribution in [0.2, 0.25) is 0 Å². The molecule has 0 aliphatic heterocycles. The molecule has 0 amide bonds. The van der Waals surface area contributed by atoms with E-state index >= 15 is 0 Å². The number of ether oxygens (including phenoxy) is 1. The van der Waals surface area contributed by atoms with Crippen LogP contribution in [0.3, 0.4) is 0 Å². The van der Waals surface area contributed by atoms with E-state index in [9.17, 15) is 4.79 Å². The van der Waals surface area contributed by atoms with Gasteiger partial charge in [-0.3, -0.25) is 5.43 Å². The molecule has 0 fully saturated rings. The van der Waals surface area contributed by atoms with Gasteiger partial charge in [0.2, 0.25) is 5.13 Å². The van der Waals surface area contributed by atoms with Gasteiger partial charge in [0.25, 0.3) is 0 Å². The van der Waals surface area contributed by atoms with Gasteiger partial charge in [-0.05, 0) is 31.4 Å². The molecular weight excluding hydrogens is 350 g/mol. The molecule has 0 spiro atoms. The minimum atomic E-state index is -0.446. The van der Waals surface area contributed by atoms with Crippen molar-refractivity contribution in [2.24, 2.45) is 11.0 Å². The smallest absolute Gasteiger partial charge is 0.345 e. The van der Waals surface area contributed by atoms with E-state index in [-0.39, 0.29) is 0 Å². The third-order valence-corrected chi connectivity index (χ3v) is 4.52. The van der Waals surface area contributed by atoms with Crippen LogP contribution in [0.1, 0.15) is 27.2 Å². The Hall–Kier alpha value is -2.67. The quantitative estimate of drug-likeness (QED) is 0.384. The van der Waals surface area contributed by atoms with Crippen molar-refractivity contribution < 1.29 is 9.15 Å². The molecule has 136 valence electrons. The summed E-state index contributed by atoms with van der Waals surface area (Å²) in [6.45, 7) is 6.27. The average molecular weight is 371 g/mol. The Labute approximate surface area is 155 Å². The van der Waals surface area contributed by atoms with Crippen molar-refractivity contribution in [2.45, 2.75) is 27.2 Å². The lowest BCUT2D eigenvalue weighted by molar-refractivity contribution is 0.407. The molecule has 2 aromatic heterocycles. The summed E-state index contributed by atoms with van der Waals surface area (Å²) in [4.78, 5) is 16.8. The summed E-state index contributed by atoms with van der Waals surface area (Å²) in [5, 5.41) is 7.56. The van der Waals surface area contributed by atoms with E-state index in [4.69, 9.17) is 9.15 Å². The van der Waals surface area contributed by atoms with Crippen LogP contribution in [0.25, 0.3) is 22.2 Å². The van der Waals surface area contributed by atoms with Crippen LogP contribution < -0.4 is 15.8 Å². The van der Waals surface area contributed by atoms with Crippen molar-refractivity contribution in [3.05, 3.63) is 40.1 Å². The van der Waals surface area contributed by atoms with Gasteiger partial charge >= 0.3 is 5.63 Å². The molecule has 1 N–H and O–H groups in total. The zero-order chi connectivity index (χ0) is 18.7. The van der Waals surface area contributed by atoms with E-state index in [1.54, 1.807) is 19.2 Å². The summed E-state index contributed by atoms with van der Waals surface area (Å²) in [5.74, 6) is 1.08. The molecule has 0 saturated carbocycles. The normalized spacial score (nSPS) is 12.0. The van der Waals surface area contributed by atoms with Gasteiger partial charge in [0, 0.05) is 16.5 Å². The number of nitrogens with one attached hydrogen (secondary N) is 1. The summed E-state index contributed by atoms with van der Waals surface area (Å²) in [5.41, 5.74) is 4.93. The molecule has 0 bridgehead atoms. The fourth-order valence-corrected chi connectivity index (χ4v) is 3.34. The third-order valence-electron chi connectivity index (χ3n) is 3.77. The molecule has 3 rings (SSSR count). The Morgan fingerprint density at radius 3 is 2.96 bits per heavy atom. The van der Waals surface area contributed by atoms with Crippen LogP contribution >= 0.6 is 11.3 Å². The van der Waals surface area contributed by atoms with E-state index in [1.165, 1.54) is 11.3 Å². The Kier molecular flexibility index (Phi) is 5.37.